The third kappa shape index (κ3) is 36.9. The fraction of sp³-hybridized carbons (Fsp3) is 0.711. The first-order valence-corrected chi connectivity index (χ1v) is 20.7. The zero-order valence-electron chi connectivity index (χ0n) is 32.2. The lowest BCUT2D eigenvalue weighted by Crippen LogP contribution is -2.45. The van der Waals surface area contributed by atoms with Crippen LogP contribution in [-0.4, -0.2) is 34.9 Å². The molecule has 49 heavy (non-hydrogen) atoms. The van der Waals surface area contributed by atoms with Crippen molar-refractivity contribution in [1.82, 2.24) is 5.32 Å². The first kappa shape index (κ1) is 46.8. The summed E-state index contributed by atoms with van der Waals surface area (Å²) in [6, 6.07) is -0.652. The van der Waals surface area contributed by atoms with E-state index >= 15 is 0 Å². The lowest BCUT2D eigenvalue weighted by atomic mass is 10.1. The van der Waals surface area contributed by atoms with Gasteiger partial charge in [0.25, 0.3) is 0 Å². The maximum absolute atomic E-state index is 12.4. The van der Waals surface area contributed by atoms with E-state index in [4.69, 9.17) is 0 Å². The molecule has 0 aliphatic carbocycles. The molecule has 0 heterocycles. The minimum Gasteiger partial charge on any atom is -0.394 e. The second kappa shape index (κ2) is 40.3. The average Bonchev–Trinajstić information content (AvgIpc) is 3.10. The van der Waals surface area contributed by atoms with Gasteiger partial charge in [-0.25, -0.2) is 0 Å². The fourth-order valence-corrected chi connectivity index (χ4v) is 5.68. The molecule has 0 aromatic carbocycles. The van der Waals surface area contributed by atoms with E-state index < -0.39 is 12.1 Å². The zero-order chi connectivity index (χ0) is 35.7. The predicted octanol–water partition coefficient (Wildman–Crippen LogP) is 12.7. The standard InChI is InChI=1S/C45H79NO3/c1-3-5-7-9-11-13-15-17-19-20-21-22-23-24-25-26-27-29-31-33-35-37-39-41-45(49)46-43(42-47)44(48)40-38-36-34-32-30-28-18-16-14-12-10-8-6-4-2/h14-17,20-21,23-24,30,32,38,40,43-44,47-48H,3-13,18-19,22,25-29,31,33-37,39,41-42H2,1-2H3,(H,46,49)/b16-14+,17-15-,21-20-,24-23-,32-30+,40-38+. The highest BCUT2D eigenvalue weighted by Crippen LogP contribution is 2.12. The molecule has 0 fully saturated rings. The number of nitrogens with one attached hydrogen (secondary N) is 1. The highest BCUT2D eigenvalue weighted by atomic mass is 16.3. The van der Waals surface area contributed by atoms with Gasteiger partial charge in [-0.2, -0.15) is 0 Å². The average molecular weight is 682 g/mol. The van der Waals surface area contributed by atoms with Gasteiger partial charge in [0.15, 0.2) is 0 Å². The third-order valence-electron chi connectivity index (χ3n) is 8.89. The molecule has 3 N–H and O–H groups in total. The SMILES string of the molecule is CCCCCC/C=C/CC/C=C/CC/C=C/C(O)C(CO)NC(=O)CCCCCCCCCC/C=C\C/C=C\C/C=C\CCCCCCC. The zero-order valence-corrected chi connectivity index (χ0v) is 32.2. The number of carbonyl (C=O) groups is 1. The van der Waals surface area contributed by atoms with Crippen LogP contribution in [0.3, 0.4) is 0 Å². The van der Waals surface area contributed by atoms with Gasteiger partial charge in [-0.15, -0.1) is 0 Å². The molecule has 2 unspecified atom stereocenters. The van der Waals surface area contributed by atoms with Crippen LogP contribution in [0.4, 0.5) is 0 Å². The van der Waals surface area contributed by atoms with E-state index in [9.17, 15) is 15.0 Å². The first-order chi connectivity index (χ1) is 24.2. The van der Waals surface area contributed by atoms with Gasteiger partial charge in [-0.3, -0.25) is 4.79 Å². The van der Waals surface area contributed by atoms with Crippen LogP contribution in [0, 0.1) is 0 Å². The van der Waals surface area contributed by atoms with Crippen molar-refractivity contribution in [3.05, 3.63) is 72.9 Å². The summed E-state index contributed by atoms with van der Waals surface area (Å²) in [6.45, 7) is 4.24. The van der Waals surface area contributed by atoms with Gasteiger partial charge in [0.2, 0.25) is 5.91 Å². The van der Waals surface area contributed by atoms with Gasteiger partial charge in [-0.1, -0.05) is 170 Å². The van der Waals surface area contributed by atoms with Gasteiger partial charge in [-0.05, 0) is 83.5 Å². The first-order valence-electron chi connectivity index (χ1n) is 20.7. The summed E-state index contributed by atoms with van der Waals surface area (Å²) in [5.74, 6) is -0.0895. The number of amides is 1. The van der Waals surface area contributed by atoms with Crippen LogP contribution in [0.15, 0.2) is 72.9 Å². The van der Waals surface area contributed by atoms with Gasteiger partial charge in [0.05, 0.1) is 18.8 Å². The summed E-state index contributed by atoms with van der Waals surface area (Å²) in [5, 5.41) is 22.9. The van der Waals surface area contributed by atoms with Gasteiger partial charge >= 0.3 is 0 Å². The number of rotatable bonds is 36. The Labute approximate surface area is 304 Å². The Bertz CT molecular complexity index is 868. The molecule has 4 heteroatoms. The quantitative estimate of drug-likeness (QED) is 0.0455. The fourth-order valence-electron chi connectivity index (χ4n) is 5.68. The van der Waals surface area contributed by atoms with E-state index in [1.165, 1.54) is 109 Å². The molecule has 2 atom stereocenters. The molecule has 0 saturated carbocycles. The molecule has 0 spiro atoms. The Morgan fingerprint density at radius 1 is 0.490 bits per heavy atom. The molecule has 1 amide bonds. The van der Waals surface area contributed by atoms with E-state index in [0.29, 0.717) is 6.42 Å². The lowest BCUT2D eigenvalue weighted by Gasteiger charge is -2.19. The van der Waals surface area contributed by atoms with Crippen LogP contribution in [0.25, 0.3) is 0 Å². The number of aliphatic hydroxyl groups excluding tert-OH is 2. The second-order valence-corrected chi connectivity index (χ2v) is 13.7. The number of unbranched alkanes of at least 4 members (excludes halogenated alkanes) is 19. The highest BCUT2D eigenvalue weighted by Gasteiger charge is 2.17. The van der Waals surface area contributed by atoms with Crippen molar-refractivity contribution in [2.75, 3.05) is 6.61 Å². The molecule has 0 radical (unpaired) electrons. The third-order valence-corrected chi connectivity index (χ3v) is 8.89. The summed E-state index contributed by atoms with van der Waals surface area (Å²) in [6.07, 6.45) is 57.1. The summed E-state index contributed by atoms with van der Waals surface area (Å²) >= 11 is 0. The van der Waals surface area contributed by atoms with Crippen LogP contribution >= 0.6 is 0 Å². The predicted molar refractivity (Wildman–Crippen MR) is 216 cm³/mol. The number of allylic oxidation sites excluding steroid dienone is 11. The molecular formula is C45H79NO3. The van der Waals surface area contributed by atoms with Gasteiger partial charge in [0, 0.05) is 6.42 Å². The number of hydrogen-bond donors (Lipinski definition) is 3. The smallest absolute Gasteiger partial charge is 0.220 e. The molecular weight excluding hydrogens is 602 g/mol. The van der Waals surface area contributed by atoms with Gasteiger partial charge < -0.3 is 15.5 Å². The highest BCUT2D eigenvalue weighted by molar-refractivity contribution is 5.76. The molecule has 0 aromatic heterocycles. The van der Waals surface area contributed by atoms with E-state index in [1.54, 1.807) is 6.08 Å². The van der Waals surface area contributed by atoms with Crippen LogP contribution in [0.2, 0.25) is 0 Å². The van der Waals surface area contributed by atoms with E-state index in [0.717, 1.165) is 57.8 Å². The second-order valence-electron chi connectivity index (χ2n) is 13.7. The van der Waals surface area contributed by atoms with Crippen LogP contribution in [0.5, 0.6) is 0 Å². The molecule has 0 aliphatic rings. The summed E-state index contributed by atoms with van der Waals surface area (Å²) < 4.78 is 0. The minimum absolute atomic E-state index is 0.0895. The van der Waals surface area contributed by atoms with Crippen LogP contribution in [-0.2, 0) is 4.79 Å². The summed E-state index contributed by atoms with van der Waals surface area (Å²) in [4.78, 5) is 12.4. The minimum atomic E-state index is -0.875. The lowest BCUT2D eigenvalue weighted by molar-refractivity contribution is -0.123. The molecule has 0 rings (SSSR count). The topological polar surface area (TPSA) is 69.6 Å². The van der Waals surface area contributed by atoms with Crippen molar-refractivity contribution in [3.63, 3.8) is 0 Å². The molecule has 0 aliphatic heterocycles. The normalized spacial score (nSPS) is 13.8. The van der Waals surface area contributed by atoms with Crippen molar-refractivity contribution in [1.29, 1.82) is 0 Å². The Kier molecular flexibility index (Phi) is 38.5. The Morgan fingerprint density at radius 2 is 0.857 bits per heavy atom. The molecule has 4 nitrogen and oxygen atoms in total. The number of hydrogen-bond acceptors (Lipinski definition) is 3. The van der Waals surface area contributed by atoms with Crippen molar-refractivity contribution in [3.8, 4) is 0 Å². The van der Waals surface area contributed by atoms with Crippen LogP contribution < -0.4 is 5.32 Å². The maximum atomic E-state index is 12.4. The molecule has 282 valence electrons. The maximum Gasteiger partial charge on any atom is 0.220 e. The summed E-state index contributed by atoms with van der Waals surface area (Å²) in [5.41, 5.74) is 0. The van der Waals surface area contributed by atoms with Crippen molar-refractivity contribution in [2.24, 2.45) is 0 Å². The van der Waals surface area contributed by atoms with E-state index in [1.807, 2.05) is 6.08 Å². The van der Waals surface area contributed by atoms with Gasteiger partial charge in [0.1, 0.15) is 0 Å². The monoisotopic (exact) mass is 682 g/mol. The molecule has 0 bridgehead atoms. The largest absolute Gasteiger partial charge is 0.394 e. The van der Waals surface area contributed by atoms with Crippen molar-refractivity contribution >= 4 is 5.91 Å². The Morgan fingerprint density at radius 3 is 1.35 bits per heavy atom. The van der Waals surface area contributed by atoms with E-state index in [2.05, 4.69) is 79.9 Å². The molecule has 0 aromatic rings. The van der Waals surface area contributed by atoms with Crippen molar-refractivity contribution < 1.29 is 15.0 Å². The number of aliphatic hydroxyl groups is 2. The Balaban J connectivity index is 3.68. The summed E-state index contributed by atoms with van der Waals surface area (Å²) in [7, 11) is 0. The van der Waals surface area contributed by atoms with Crippen LogP contribution in [0.1, 0.15) is 187 Å². The number of carbonyl (C=O) groups excluding carboxylic acids is 1. The van der Waals surface area contributed by atoms with Crippen molar-refractivity contribution in [2.45, 2.75) is 199 Å². The Hall–Kier alpha value is -2.17. The molecule has 0 saturated heterocycles. The van der Waals surface area contributed by atoms with E-state index in [-0.39, 0.29) is 12.5 Å².